The van der Waals surface area contributed by atoms with Gasteiger partial charge in [0.25, 0.3) is 11.6 Å². The Labute approximate surface area is 130 Å². The monoisotopic (exact) mass is 356 g/mol. The quantitative estimate of drug-likeness (QED) is 0.640. The number of halogens is 1. The molecule has 0 unspecified atom stereocenters. The van der Waals surface area contributed by atoms with Crippen molar-refractivity contribution >= 4 is 27.5 Å². The molecule has 0 saturated heterocycles. The van der Waals surface area contributed by atoms with E-state index in [2.05, 4.69) is 21.2 Å². The highest BCUT2D eigenvalue weighted by atomic mass is 79.9. The first-order chi connectivity index (χ1) is 9.99. The minimum atomic E-state index is -0.524. The number of amides is 1. The average molecular weight is 357 g/mol. The van der Waals surface area contributed by atoms with Crippen LogP contribution >= 0.6 is 15.9 Å². The third-order valence-electron chi connectivity index (χ3n) is 3.79. The van der Waals surface area contributed by atoms with E-state index in [0.29, 0.717) is 12.5 Å². The van der Waals surface area contributed by atoms with Gasteiger partial charge in [0.15, 0.2) is 0 Å². The first kappa shape index (κ1) is 15.9. The number of aliphatic hydroxyl groups is 1. The van der Waals surface area contributed by atoms with Crippen molar-refractivity contribution in [3.05, 3.63) is 38.3 Å². The van der Waals surface area contributed by atoms with Gasteiger partial charge in [0.2, 0.25) is 0 Å². The number of hydrogen-bond acceptors (Lipinski definition) is 4. The molecule has 0 aliphatic heterocycles. The number of nitrogens with one attached hydrogen (secondary N) is 1. The van der Waals surface area contributed by atoms with Crippen molar-refractivity contribution in [3.63, 3.8) is 0 Å². The van der Waals surface area contributed by atoms with Gasteiger partial charge in [0, 0.05) is 12.6 Å². The van der Waals surface area contributed by atoms with Crippen molar-refractivity contribution in [3.8, 4) is 0 Å². The van der Waals surface area contributed by atoms with Crippen LogP contribution in [0.5, 0.6) is 0 Å². The molecule has 0 radical (unpaired) electrons. The van der Waals surface area contributed by atoms with Crippen LogP contribution in [-0.2, 0) is 0 Å². The molecule has 0 aromatic heterocycles. The van der Waals surface area contributed by atoms with E-state index in [1.165, 1.54) is 12.1 Å². The van der Waals surface area contributed by atoms with Crippen molar-refractivity contribution < 1.29 is 14.8 Å². The van der Waals surface area contributed by atoms with Crippen LogP contribution in [-0.4, -0.2) is 28.6 Å². The van der Waals surface area contributed by atoms with Crippen LogP contribution in [0.25, 0.3) is 0 Å². The summed E-state index contributed by atoms with van der Waals surface area (Å²) in [7, 11) is 0. The highest BCUT2D eigenvalue weighted by molar-refractivity contribution is 9.10. The van der Waals surface area contributed by atoms with Gasteiger partial charge in [-0.2, -0.15) is 0 Å². The number of nitro groups is 1. The first-order valence-corrected chi connectivity index (χ1v) is 7.67. The zero-order valence-corrected chi connectivity index (χ0v) is 13.0. The molecule has 6 nitrogen and oxygen atoms in total. The Morgan fingerprint density at radius 1 is 1.38 bits per heavy atom. The molecule has 2 N–H and O–H groups in total. The number of carbonyl (C=O) groups excluding carboxylic acids is 1. The van der Waals surface area contributed by atoms with Gasteiger partial charge in [-0.3, -0.25) is 14.9 Å². The highest BCUT2D eigenvalue weighted by Crippen LogP contribution is 2.28. The van der Waals surface area contributed by atoms with Gasteiger partial charge >= 0.3 is 0 Å². The topological polar surface area (TPSA) is 92.5 Å². The number of carbonyl (C=O) groups is 1. The first-order valence-electron chi connectivity index (χ1n) is 6.88. The summed E-state index contributed by atoms with van der Waals surface area (Å²) in [4.78, 5) is 22.5. The van der Waals surface area contributed by atoms with Gasteiger partial charge in [-0.15, -0.1) is 0 Å². The summed E-state index contributed by atoms with van der Waals surface area (Å²) >= 11 is 3.12. The van der Waals surface area contributed by atoms with Crippen LogP contribution in [0, 0.1) is 16.0 Å². The second-order valence-corrected chi connectivity index (χ2v) is 6.07. The van der Waals surface area contributed by atoms with Crippen LogP contribution in [0.4, 0.5) is 5.69 Å². The van der Waals surface area contributed by atoms with Crippen LogP contribution in [0.3, 0.4) is 0 Å². The van der Waals surface area contributed by atoms with Crippen molar-refractivity contribution in [1.29, 1.82) is 0 Å². The lowest BCUT2D eigenvalue weighted by atomic mass is 9.87. The summed E-state index contributed by atoms with van der Waals surface area (Å²) in [5, 5.41) is 23.1. The third-order valence-corrected chi connectivity index (χ3v) is 4.62. The van der Waals surface area contributed by atoms with E-state index in [0.717, 1.165) is 25.7 Å². The molecule has 1 amide bonds. The van der Waals surface area contributed by atoms with E-state index < -0.39 is 4.92 Å². The summed E-state index contributed by atoms with van der Waals surface area (Å²) in [6.45, 7) is 0.528. The predicted octanol–water partition coefficient (Wildman–Crippen LogP) is 2.64. The Bertz CT molecular complexity index is 542. The molecule has 1 fully saturated rings. The molecule has 1 aromatic carbocycles. The maximum absolute atomic E-state index is 12.1. The Morgan fingerprint density at radius 3 is 2.67 bits per heavy atom. The smallest absolute Gasteiger partial charge is 0.284 e. The number of nitro benzene ring substituents is 1. The Hall–Kier alpha value is -1.47. The van der Waals surface area contributed by atoms with Gasteiger partial charge in [-0.25, -0.2) is 0 Å². The van der Waals surface area contributed by atoms with E-state index in [1.54, 1.807) is 6.07 Å². The third kappa shape index (κ3) is 4.01. The van der Waals surface area contributed by atoms with Crippen LogP contribution < -0.4 is 5.32 Å². The van der Waals surface area contributed by atoms with Crippen LogP contribution in [0.1, 0.15) is 36.0 Å². The fraction of sp³-hybridized carbons (Fsp3) is 0.500. The molecule has 1 aliphatic rings. The van der Waals surface area contributed by atoms with Gasteiger partial charge in [-0.05, 0) is 53.6 Å². The standard InChI is InChI=1S/C14H17BrN2O4/c15-13-11(2-1-3-12(13)17(20)21)14(19)16-8-9-4-6-10(18)7-5-9/h1-3,9-10,18H,4-8H2,(H,16,19). The normalized spacial score (nSPS) is 21.8. The summed E-state index contributed by atoms with van der Waals surface area (Å²) in [6.07, 6.45) is 3.08. The molecule has 0 heterocycles. The maximum atomic E-state index is 12.1. The number of nitrogens with zero attached hydrogens (tertiary/aromatic N) is 1. The SMILES string of the molecule is O=C(NCC1CCC(O)CC1)c1cccc([N+](=O)[O-])c1Br. The summed E-state index contributed by atoms with van der Waals surface area (Å²) < 4.78 is 0.201. The van der Waals surface area contributed by atoms with Crippen molar-refractivity contribution in [1.82, 2.24) is 5.32 Å². The lowest BCUT2D eigenvalue weighted by Crippen LogP contribution is -2.32. The van der Waals surface area contributed by atoms with E-state index in [9.17, 15) is 20.0 Å². The molecular weight excluding hydrogens is 340 g/mol. The van der Waals surface area contributed by atoms with Crippen molar-refractivity contribution in [2.45, 2.75) is 31.8 Å². The van der Waals surface area contributed by atoms with Gasteiger partial charge in [0.1, 0.15) is 4.47 Å². The van der Waals surface area contributed by atoms with Crippen molar-refractivity contribution in [2.24, 2.45) is 5.92 Å². The van der Waals surface area contributed by atoms with Gasteiger partial charge in [0.05, 0.1) is 16.6 Å². The molecule has 114 valence electrons. The predicted molar refractivity (Wildman–Crippen MR) is 81.1 cm³/mol. The number of aliphatic hydroxyl groups excluding tert-OH is 1. The molecular formula is C14H17BrN2O4. The average Bonchev–Trinajstić information content (AvgIpc) is 2.46. The van der Waals surface area contributed by atoms with Gasteiger partial charge in [-0.1, -0.05) is 6.07 Å². The molecule has 1 saturated carbocycles. The molecule has 1 aromatic rings. The van der Waals surface area contributed by atoms with Crippen LogP contribution in [0.15, 0.2) is 22.7 Å². The molecule has 21 heavy (non-hydrogen) atoms. The minimum Gasteiger partial charge on any atom is -0.393 e. The summed E-state index contributed by atoms with van der Waals surface area (Å²) in [5.74, 6) is 0.0338. The number of benzene rings is 1. The molecule has 7 heteroatoms. The Morgan fingerprint density at radius 2 is 2.05 bits per heavy atom. The number of hydrogen-bond donors (Lipinski definition) is 2. The van der Waals surface area contributed by atoms with E-state index in [4.69, 9.17) is 0 Å². The molecule has 0 atom stereocenters. The zero-order valence-electron chi connectivity index (χ0n) is 11.4. The molecule has 1 aliphatic carbocycles. The molecule has 2 rings (SSSR count). The van der Waals surface area contributed by atoms with E-state index in [1.807, 2.05) is 0 Å². The second-order valence-electron chi connectivity index (χ2n) is 5.28. The Balaban J connectivity index is 1.97. The maximum Gasteiger partial charge on any atom is 0.284 e. The molecule has 0 bridgehead atoms. The summed E-state index contributed by atoms with van der Waals surface area (Å²) in [6, 6.07) is 4.40. The zero-order chi connectivity index (χ0) is 15.4. The lowest BCUT2D eigenvalue weighted by molar-refractivity contribution is -0.385. The van der Waals surface area contributed by atoms with Crippen molar-refractivity contribution in [2.75, 3.05) is 6.54 Å². The molecule has 0 spiro atoms. The number of rotatable bonds is 4. The van der Waals surface area contributed by atoms with Gasteiger partial charge < -0.3 is 10.4 Å². The highest BCUT2D eigenvalue weighted by Gasteiger charge is 2.22. The largest absolute Gasteiger partial charge is 0.393 e. The summed E-state index contributed by atoms with van der Waals surface area (Å²) in [5.41, 5.74) is 0.142. The minimum absolute atomic E-state index is 0.122. The lowest BCUT2D eigenvalue weighted by Gasteiger charge is -2.25. The van der Waals surface area contributed by atoms with Crippen LogP contribution in [0.2, 0.25) is 0 Å². The van der Waals surface area contributed by atoms with E-state index >= 15 is 0 Å². The fourth-order valence-electron chi connectivity index (χ4n) is 2.52. The fourth-order valence-corrected chi connectivity index (χ4v) is 3.11. The second kappa shape index (κ2) is 7.00. The Kier molecular flexibility index (Phi) is 5.30. The van der Waals surface area contributed by atoms with E-state index in [-0.39, 0.29) is 27.7 Å².